The Morgan fingerprint density at radius 2 is 1.82 bits per heavy atom. The van der Waals surface area contributed by atoms with Gasteiger partial charge < -0.3 is 10.3 Å². The van der Waals surface area contributed by atoms with E-state index >= 15 is 0 Å². The zero-order valence-electron chi connectivity index (χ0n) is 22.2. The standard InChI is InChI=1S/C31H29N7S/c1-17(2)10-19(5)34-22-11-21(13-32-14-22)20-6-7-25-23(12-20)30(38-37-25)31-35-26-16-33-15-24(29(26)36-31)28-9-8-27(39-28)18(3)4/h6-9,11-17,34H,3,5,10H2,1-2,4H3,(H,35,36)(H,37,38). The molecule has 0 aliphatic heterocycles. The highest BCUT2D eigenvalue weighted by atomic mass is 32.1. The van der Waals surface area contributed by atoms with Gasteiger partial charge in [0, 0.05) is 44.4 Å². The van der Waals surface area contributed by atoms with Crippen molar-refractivity contribution in [3.05, 3.63) is 84.9 Å². The van der Waals surface area contributed by atoms with Gasteiger partial charge in [0.1, 0.15) is 11.2 Å². The van der Waals surface area contributed by atoms with Gasteiger partial charge in [-0.2, -0.15) is 5.10 Å². The van der Waals surface area contributed by atoms with Gasteiger partial charge in [-0.05, 0) is 60.7 Å². The number of anilines is 1. The second-order valence-corrected chi connectivity index (χ2v) is 11.3. The molecule has 194 valence electrons. The maximum Gasteiger partial charge on any atom is 0.159 e. The SMILES string of the molecule is C=C(CC(C)C)Nc1cncc(-c2ccc3[nH]nc(-c4nc5c(-c6ccc(C(=C)C)s6)cncc5[nH]4)c3c2)c1. The first kappa shape index (κ1) is 24.8. The van der Waals surface area contributed by atoms with E-state index in [4.69, 9.17) is 4.98 Å². The Morgan fingerprint density at radius 3 is 2.62 bits per heavy atom. The highest BCUT2D eigenvalue weighted by molar-refractivity contribution is 7.16. The zero-order valence-corrected chi connectivity index (χ0v) is 23.0. The molecule has 0 radical (unpaired) electrons. The Morgan fingerprint density at radius 1 is 0.974 bits per heavy atom. The van der Waals surface area contributed by atoms with E-state index in [9.17, 15) is 0 Å². The molecule has 0 saturated carbocycles. The van der Waals surface area contributed by atoms with Crippen LogP contribution in [0.3, 0.4) is 0 Å². The minimum absolute atomic E-state index is 0.535. The number of nitrogens with zero attached hydrogens (tertiary/aromatic N) is 4. The van der Waals surface area contributed by atoms with E-state index in [2.05, 4.69) is 87.8 Å². The summed E-state index contributed by atoms with van der Waals surface area (Å²) >= 11 is 1.69. The number of aromatic amines is 2. The molecule has 0 bridgehead atoms. The number of hydrogen-bond donors (Lipinski definition) is 3. The summed E-state index contributed by atoms with van der Waals surface area (Å²) in [4.78, 5) is 19.6. The maximum atomic E-state index is 4.98. The second-order valence-electron chi connectivity index (χ2n) is 10.2. The van der Waals surface area contributed by atoms with E-state index in [-0.39, 0.29) is 0 Å². The Bertz CT molecular complexity index is 1850. The minimum Gasteiger partial charge on any atom is -0.358 e. The molecule has 0 fully saturated rings. The average Bonchev–Trinajstić information content (AvgIpc) is 3.65. The Kier molecular flexibility index (Phi) is 6.32. The zero-order chi connectivity index (χ0) is 27.1. The van der Waals surface area contributed by atoms with Gasteiger partial charge in [-0.15, -0.1) is 11.3 Å². The number of rotatable bonds is 8. The third-order valence-electron chi connectivity index (χ3n) is 6.52. The van der Waals surface area contributed by atoms with E-state index in [0.29, 0.717) is 11.7 Å². The third kappa shape index (κ3) is 4.86. The molecule has 7 nitrogen and oxygen atoms in total. The molecular weight excluding hydrogens is 502 g/mol. The molecule has 6 aromatic rings. The van der Waals surface area contributed by atoms with E-state index in [1.807, 2.05) is 31.6 Å². The van der Waals surface area contributed by atoms with Gasteiger partial charge in [-0.25, -0.2) is 4.98 Å². The molecule has 1 aromatic carbocycles. The van der Waals surface area contributed by atoms with E-state index in [1.54, 1.807) is 17.5 Å². The molecule has 0 aliphatic carbocycles. The number of imidazole rings is 1. The number of nitrogens with one attached hydrogen (secondary N) is 3. The van der Waals surface area contributed by atoms with Gasteiger partial charge in [0.25, 0.3) is 0 Å². The van der Waals surface area contributed by atoms with Crippen LogP contribution in [-0.2, 0) is 0 Å². The highest BCUT2D eigenvalue weighted by Gasteiger charge is 2.17. The van der Waals surface area contributed by atoms with Crippen molar-refractivity contribution in [1.29, 1.82) is 0 Å². The summed E-state index contributed by atoms with van der Waals surface area (Å²) in [5.41, 5.74) is 9.41. The van der Waals surface area contributed by atoms with E-state index < -0.39 is 0 Å². The number of hydrogen-bond acceptors (Lipinski definition) is 6. The molecule has 8 heteroatoms. The molecular formula is C31H29N7S. The van der Waals surface area contributed by atoms with Crippen LogP contribution in [-0.4, -0.2) is 30.1 Å². The first-order chi connectivity index (χ1) is 18.9. The third-order valence-corrected chi connectivity index (χ3v) is 7.80. The summed E-state index contributed by atoms with van der Waals surface area (Å²) in [5.74, 6) is 1.23. The first-order valence-corrected chi connectivity index (χ1v) is 13.7. The summed E-state index contributed by atoms with van der Waals surface area (Å²) in [6.07, 6.45) is 8.27. The molecule has 0 amide bonds. The van der Waals surface area contributed by atoms with Crippen molar-refractivity contribution in [2.45, 2.75) is 27.2 Å². The number of thiophene rings is 1. The van der Waals surface area contributed by atoms with Crippen LogP contribution in [0.1, 0.15) is 32.1 Å². The highest BCUT2D eigenvalue weighted by Crippen LogP contribution is 2.36. The topological polar surface area (TPSA) is 95.2 Å². The molecule has 0 aliphatic rings. The minimum atomic E-state index is 0.535. The molecule has 6 rings (SSSR count). The molecule has 0 saturated heterocycles. The van der Waals surface area contributed by atoms with Gasteiger partial charge in [0.2, 0.25) is 0 Å². The largest absolute Gasteiger partial charge is 0.358 e. The monoisotopic (exact) mass is 531 g/mol. The Hall–Kier alpha value is -4.56. The summed E-state index contributed by atoms with van der Waals surface area (Å²) in [7, 11) is 0. The molecule has 39 heavy (non-hydrogen) atoms. The Balaban J connectivity index is 1.37. The summed E-state index contributed by atoms with van der Waals surface area (Å²) < 4.78 is 0. The molecule has 3 N–H and O–H groups in total. The number of H-pyrrole nitrogens is 2. The van der Waals surface area contributed by atoms with Crippen molar-refractivity contribution in [2.75, 3.05) is 5.32 Å². The predicted molar refractivity (Wildman–Crippen MR) is 162 cm³/mol. The second kappa shape index (κ2) is 9.96. The molecule has 0 unspecified atom stereocenters. The lowest BCUT2D eigenvalue weighted by molar-refractivity contribution is 0.645. The van der Waals surface area contributed by atoms with Crippen LogP contribution in [0.5, 0.6) is 0 Å². The number of pyridine rings is 2. The van der Waals surface area contributed by atoms with Gasteiger partial charge in [0.05, 0.1) is 29.1 Å². The van der Waals surface area contributed by atoms with E-state index in [1.165, 1.54) is 0 Å². The van der Waals surface area contributed by atoms with Crippen LogP contribution in [0, 0.1) is 5.92 Å². The van der Waals surface area contributed by atoms with Crippen LogP contribution in [0.25, 0.3) is 60.6 Å². The molecule has 5 aromatic heterocycles. The first-order valence-electron chi connectivity index (χ1n) is 12.8. The number of allylic oxidation sites excluding steroid dienone is 2. The number of fused-ring (bicyclic) bond motifs is 2. The predicted octanol–water partition coefficient (Wildman–Crippen LogP) is 8.30. The van der Waals surface area contributed by atoms with Crippen molar-refractivity contribution in [3.8, 4) is 33.1 Å². The van der Waals surface area contributed by atoms with Gasteiger partial charge in [-0.1, -0.05) is 33.1 Å². The van der Waals surface area contributed by atoms with E-state index in [0.717, 1.165) is 77.5 Å². The van der Waals surface area contributed by atoms with Crippen LogP contribution in [0.2, 0.25) is 0 Å². The van der Waals surface area contributed by atoms with Crippen LogP contribution in [0.15, 0.2) is 80.0 Å². The normalized spacial score (nSPS) is 11.5. The quantitative estimate of drug-likeness (QED) is 0.184. The van der Waals surface area contributed by atoms with Crippen LogP contribution in [0.4, 0.5) is 5.69 Å². The molecule has 0 spiro atoms. The summed E-state index contributed by atoms with van der Waals surface area (Å²) in [5, 5.41) is 12.1. The lowest BCUT2D eigenvalue weighted by atomic mass is 10.0. The molecule has 5 heterocycles. The van der Waals surface area contributed by atoms with Gasteiger partial charge in [0.15, 0.2) is 5.82 Å². The Labute approximate surface area is 230 Å². The van der Waals surface area contributed by atoms with Crippen LogP contribution >= 0.6 is 11.3 Å². The fraction of sp³-hybridized carbons (Fsp3) is 0.161. The number of aromatic nitrogens is 6. The van der Waals surface area contributed by atoms with Crippen molar-refractivity contribution in [2.24, 2.45) is 5.92 Å². The van der Waals surface area contributed by atoms with Crippen molar-refractivity contribution < 1.29 is 0 Å². The lowest BCUT2D eigenvalue weighted by Gasteiger charge is -2.12. The lowest BCUT2D eigenvalue weighted by Crippen LogP contribution is -2.02. The smallest absolute Gasteiger partial charge is 0.159 e. The fourth-order valence-corrected chi connectivity index (χ4v) is 5.67. The van der Waals surface area contributed by atoms with Crippen LogP contribution < -0.4 is 5.32 Å². The summed E-state index contributed by atoms with van der Waals surface area (Å²) in [6.45, 7) is 14.6. The molecule has 0 atom stereocenters. The average molecular weight is 532 g/mol. The van der Waals surface area contributed by atoms with Crippen molar-refractivity contribution in [3.63, 3.8) is 0 Å². The van der Waals surface area contributed by atoms with Crippen molar-refractivity contribution in [1.82, 2.24) is 30.1 Å². The van der Waals surface area contributed by atoms with Gasteiger partial charge in [-0.3, -0.25) is 15.1 Å². The fourth-order valence-electron chi connectivity index (χ4n) is 4.73. The van der Waals surface area contributed by atoms with Crippen molar-refractivity contribution >= 4 is 44.5 Å². The number of benzene rings is 1. The summed E-state index contributed by atoms with van der Waals surface area (Å²) in [6, 6.07) is 12.5. The maximum absolute atomic E-state index is 4.98. The van der Waals surface area contributed by atoms with Gasteiger partial charge >= 0.3 is 0 Å².